The Kier molecular flexibility index (Phi) is 5.94. The van der Waals surface area contributed by atoms with E-state index in [1.807, 2.05) is 0 Å². The molecule has 2 aromatic heterocycles. The fourth-order valence-electron chi connectivity index (χ4n) is 3.34. The number of halogens is 6. The fraction of sp³-hybridized carbons (Fsp3) is 0.130. The number of aromatic nitrogens is 2. The molecule has 0 saturated carbocycles. The first-order valence-corrected chi connectivity index (χ1v) is 9.78. The fourth-order valence-corrected chi connectivity index (χ4v) is 3.34. The number of alkyl halides is 6. The number of nitrogens with zero attached hydrogens (tertiary/aromatic N) is 2. The number of ether oxygens (including phenoxy) is 1. The van der Waals surface area contributed by atoms with Crippen LogP contribution >= 0.6 is 0 Å². The first kappa shape index (κ1) is 23.1. The van der Waals surface area contributed by atoms with Gasteiger partial charge in [0.2, 0.25) is 5.88 Å². The summed E-state index contributed by atoms with van der Waals surface area (Å²) >= 11 is 0. The summed E-state index contributed by atoms with van der Waals surface area (Å²) in [5.41, 5.74) is -2.13. The molecule has 0 aliphatic carbocycles. The van der Waals surface area contributed by atoms with Gasteiger partial charge in [0.15, 0.2) is 17.7 Å². The number of para-hydroxylation sites is 2. The van der Waals surface area contributed by atoms with Crippen molar-refractivity contribution < 1.29 is 31.1 Å². The number of pyridine rings is 2. The number of hydrogen-bond acceptors (Lipinski definition) is 4. The van der Waals surface area contributed by atoms with Crippen LogP contribution in [-0.4, -0.2) is 22.3 Å². The van der Waals surface area contributed by atoms with Crippen molar-refractivity contribution in [2.24, 2.45) is 0 Å². The predicted octanol–water partition coefficient (Wildman–Crippen LogP) is 6.09. The molecule has 0 unspecified atom stereocenters. The van der Waals surface area contributed by atoms with Crippen molar-refractivity contribution in [1.82, 2.24) is 9.55 Å². The van der Waals surface area contributed by atoms with Gasteiger partial charge in [0.1, 0.15) is 5.82 Å². The summed E-state index contributed by atoms with van der Waals surface area (Å²) in [5.74, 6) is -0.860. The molecule has 2 heterocycles. The molecule has 5 nitrogen and oxygen atoms in total. The van der Waals surface area contributed by atoms with Crippen molar-refractivity contribution in [2.75, 3.05) is 11.9 Å². The molecule has 176 valence electrons. The first-order chi connectivity index (χ1) is 16.0. The Morgan fingerprint density at radius 1 is 0.882 bits per heavy atom. The van der Waals surface area contributed by atoms with E-state index < -0.39 is 46.9 Å². The minimum absolute atomic E-state index is 0.0588. The molecule has 0 fully saturated rings. The quantitative estimate of drug-likeness (QED) is 0.352. The van der Waals surface area contributed by atoms with Gasteiger partial charge in [0.05, 0.1) is 10.9 Å². The molecule has 0 radical (unpaired) electrons. The number of benzene rings is 2. The van der Waals surface area contributed by atoms with Crippen LogP contribution in [0.1, 0.15) is 5.56 Å². The van der Waals surface area contributed by atoms with Crippen molar-refractivity contribution >= 4 is 22.5 Å². The smallest absolute Gasteiger partial charge is 0.422 e. The highest BCUT2D eigenvalue weighted by Gasteiger charge is 2.36. The maximum Gasteiger partial charge on any atom is 0.422 e. The highest BCUT2D eigenvalue weighted by molar-refractivity contribution is 5.85. The first-order valence-electron chi connectivity index (χ1n) is 9.78. The van der Waals surface area contributed by atoms with Crippen molar-refractivity contribution in [3.8, 4) is 11.6 Å². The molecule has 0 saturated heterocycles. The summed E-state index contributed by atoms with van der Waals surface area (Å²) in [6.07, 6.45) is -9.86. The van der Waals surface area contributed by atoms with Gasteiger partial charge < -0.3 is 10.1 Å². The molecule has 1 N–H and O–H groups in total. The zero-order valence-corrected chi connectivity index (χ0v) is 17.1. The third-order valence-electron chi connectivity index (χ3n) is 4.69. The number of fused-ring (bicyclic) bond motifs is 1. The van der Waals surface area contributed by atoms with Gasteiger partial charge in [0.25, 0.3) is 0 Å². The maximum absolute atomic E-state index is 13.9. The lowest BCUT2D eigenvalue weighted by Crippen LogP contribution is -2.22. The van der Waals surface area contributed by atoms with Gasteiger partial charge in [-0.05, 0) is 24.3 Å². The summed E-state index contributed by atoms with van der Waals surface area (Å²) in [6.45, 7) is -1.85. The molecule has 34 heavy (non-hydrogen) atoms. The predicted molar refractivity (Wildman–Crippen MR) is 114 cm³/mol. The van der Waals surface area contributed by atoms with E-state index >= 15 is 0 Å². The molecular weight excluding hydrogens is 464 g/mol. The van der Waals surface area contributed by atoms with Gasteiger partial charge >= 0.3 is 12.4 Å². The molecule has 0 spiro atoms. The Morgan fingerprint density at radius 3 is 2.09 bits per heavy atom. The monoisotopic (exact) mass is 479 g/mol. The summed E-state index contributed by atoms with van der Waals surface area (Å²) < 4.78 is 85.3. The number of rotatable bonds is 5. The summed E-state index contributed by atoms with van der Waals surface area (Å²) in [5, 5.41) is 2.16. The molecule has 0 aliphatic heterocycles. The Morgan fingerprint density at radius 2 is 1.50 bits per heavy atom. The lowest BCUT2D eigenvalue weighted by molar-refractivity contribution is -0.154. The van der Waals surface area contributed by atoms with E-state index in [1.165, 1.54) is 4.57 Å². The van der Waals surface area contributed by atoms with Gasteiger partial charge in [-0.3, -0.25) is 9.36 Å². The lowest BCUT2D eigenvalue weighted by Gasteiger charge is -2.20. The van der Waals surface area contributed by atoms with E-state index in [0.29, 0.717) is 17.4 Å². The van der Waals surface area contributed by atoms with Crippen molar-refractivity contribution in [3.05, 3.63) is 88.6 Å². The summed E-state index contributed by atoms with van der Waals surface area (Å²) in [6, 6.07) is 17.8. The average molecular weight is 479 g/mol. The molecule has 2 aromatic carbocycles. The van der Waals surface area contributed by atoms with Gasteiger partial charge in [-0.25, -0.2) is 0 Å². The Hall–Kier alpha value is -4.02. The second-order valence-electron chi connectivity index (χ2n) is 7.16. The second kappa shape index (κ2) is 8.73. The van der Waals surface area contributed by atoms with Crippen LogP contribution in [0.25, 0.3) is 16.7 Å². The minimum Gasteiger partial charge on any atom is -0.468 e. The number of hydrogen-bond donors (Lipinski definition) is 1. The maximum atomic E-state index is 13.9. The van der Waals surface area contributed by atoms with E-state index in [2.05, 4.69) is 15.0 Å². The van der Waals surface area contributed by atoms with Crippen LogP contribution in [0.4, 0.5) is 37.8 Å². The van der Waals surface area contributed by atoms with E-state index in [-0.39, 0.29) is 5.82 Å². The van der Waals surface area contributed by atoms with E-state index in [9.17, 15) is 31.1 Å². The van der Waals surface area contributed by atoms with Crippen LogP contribution in [0, 0.1) is 0 Å². The third kappa shape index (κ3) is 4.98. The number of anilines is 2. The van der Waals surface area contributed by atoms with Crippen LogP contribution < -0.4 is 15.5 Å². The number of nitrogens with one attached hydrogen (secondary N) is 1. The Balaban J connectivity index is 2.04. The van der Waals surface area contributed by atoms with Crippen LogP contribution in [0.15, 0.2) is 77.6 Å². The molecule has 4 aromatic rings. The minimum atomic E-state index is -5.06. The third-order valence-corrected chi connectivity index (χ3v) is 4.69. The lowest BCUT2D eigenvalue weighted by atomic mass is 10.1. The van der Waals surface area contributed by atoms with Crippen molar-refractivity contribution in [2.45, 2.75) is 12.4 Å². The highest BCUT2D eigenvalue weighted by atomic mass is 19.4. The van der Waals surface area contributed by atoms with Gasteiger partial charge in [-0.15, -0.1) is 0 Å². The normalized spacial score (nSPS) is 12.1. The topological polar surface area (TPSA) is 56.2 Å². The van der Waals surface area contributed by atoms with Crippen LogP contribution in [-0.2, 0) is 6.18 Å². The van der Waals surface area contributed by atoms with Gasteiger partial charge in [-0.1, -0.05) is 36.4 Å². The van der Waals surface area contributed by atoms with Gasteiger partial charge in [0, 0.05) is 23.5 Å². The second-order valence-corrected chi connectivity index (χ2v) is 7.16. The molecule has 4 rings (SSSR count). The summed E-state index contributed by atoms with van der Waals surface area (Å²) in [7, 11) is 0. The average Bonchev–Trinajstić information content (AvgIpc) is 2.77. The standard InChI is InChI=1S/C23H15F6N3O2/c24-22(25,26)13-34-19-11-16(23(27,28)29)20-17(33)12-18(30-14-7-3-1-4-8-14)32(21(20)31-19)15-9-5-2-6-10-15/h1-12,30H,13H2. The molecule has 0 aliphatic rings. The van der Waals surface area contributed by atoms with Crippen molar-refractivity contribution in [1.29, 1.82) is 0 Å². The Bertz CT molecular complexity index is 1370. The van der Waals surface area contributed by atoms with E-state index in [1.54, 1.807) is 60.7 Å². The zero-order chi connectivity index (χ0) is 24.5. The van der Waals surface area contributed by atoms with E-state index in [4.69, 9.17) is 0 Å². The highest BCUT2D eigenvalue weighted by Crippen LogP contribution is 2.37. The van der Waals surface area contributed by atoms with Gasteiger partial charge in [-0.2, -0.15) is 31.3 Å². The largest absolute Gasteiger partial charge is 0.468 e. The molecule has 11 heteroatoms. The van der Waals surface area contributed by atoms with Crippen LogP contribution in [0.5, 0.6) is 5.88 Å². The SMILES string of the molecule is O=c1cc(Nc2ccccc2)n(-c2ccccc2)c2nc(OCC(F)(F)F)cc(C(F)(F)F)c12. The van der Waals surface area contributed by atoms with Crippen LogP contribution in [0.3, 0.4) is 0 Å². The zero-order valence-electron chi connectivity index (χ0n) is 17.1. The molecule has 0 atom stereocenters. The molecule has 0 bridgehead atoms. The summed E-state index contributed by atoms with van der Waals surface area (Å²) in [4.78, 5) is 16.7. The molecule has 0 amide bonds. The molecular formula is C23H15F6N3O2. The van der Waals surface area contributed by atoms with E-state index in [0.717, 1.165) is 6.07 Å². The Labute approximate surface area is 188 Å². The van der Waals surface area contributed by atoms with Crippen LogP contribution in [0.2, 0.25) is 0 Å². The van der Waals surface area contributed by atoms with Crippen molar-refractivity contribution in [3.63, 3.8) is 0 Å².